The normalized spacial score (nSPS) is 21.7. The third kappa shape index (κ3) is 3.39. The number of pyridine rings is 1. The third-order valence-corrected chi connectivity index (χ3v) is 8.19. The predicted molar refractivity (Wildman–Crippen MR) is 135 cm³/mol. The molecule has 35 heavy (non-hydrogen) atoms. The number of hydrogen-bond donors (Lipinski definition) is 2. The summed E-state index contributed by atoms with van der Waals surface area (Å²) in [6.45, 7) is 5.87. The van der Waals surface area contributed by atoms with Gasteiger partial charge in [0.05, 0.1) is 23.3 Å². The fraction of sp³-hybridized carbons (Fsp3) is 0.310. The van der Waals surface area contributed by atoms with Crippen molar-refractivity contribution in [2.75, 3.05) is 0 Å². The number of carbonyl (C=O) groups excluding carboxylic acids is 2. The van der Waals surface area contributed by atoms with Crippen molar-refractivity contribution in [1.29, 1.82) is 0 Å². The molecule has 2 aliphatic rings. The van der Waals surface area contributed by atoms with E-state index in [0.29, 0.717) is 6.42 Å². The van der Waals surface area contributed by atoms with Gasteiger partial charge in [-0.3, -0.25) is 14.6 Å². The number of H-pyrrole nitrogens is 1. The fourth-order valence-electron chi connectivity index (χ4n) is 6.09. The first-order valence-corrected chi connectivity index (χ1v) is 12.2. The summed E-state index contributed by atoms with van der Waals surface area (Å²) in [6.07, 6.45) is 4.75. The van der Waals surface area contributed by atoms with Gasteiger partial charge in [-0.15, -0.1) is 0 Å². The van der Waals surface area contributed by atoms with Crippen LogP contribution in [0.5, 0.6) is 0 Å². The van der Waals surface area contributed by atoms with Crippen LogP contribution in [0.15, 0.2) is 60.9 Å². The lowest BCUT2D eigenvalue weighted by atomic mass is 9.52. The molecule has 0 radical (unpaired) electrons. The first kappa shape index (κ1) is 21.7. The number of Topliss-reactive ketones (excluding diaryl/α,β-unsaturated/α-hetero) is 1. The van der Waals surface area contributed by atoms with Gasteiger partial charge < -0.3 is 10.3 Å². The number of imidazole rings is 1. The molecule has 0 bridgehead atoms. The zero-order chi connectivity index (χ0) is 24.3. The van der Waals surface area contributed by atoms with Crippen molar-refractivity contribution in [3.8, 4) is 22.5 Å². The van der Waals surface area contributed by atoms with E-state index in [2.05, 4.69) is 53.4 Å². The summed E-state index contributed by atoms with van der Waals surface area (Å²) in [7, 11) is 0. The Balaban J connectivity index is 1.33. The summed E-state index contributed by atoms with van der Waals surface area (Å²) in [6, 6.07) is 16.1. The second kappa shape index (κ2) is 7.87. The molecule has 2 aliphatic carbocycles. The minimum atomic E-state index is -0.216. The summed E-state index contributed by atoms with van der Waals surface area (Å²) >= 11 is 0. The number of aromatic amines is 1. The summed E-state index contributed by atoms with van der Waals surface area (Å²) in [4.78, 5) is 37.6. The molecule has 1 amide bonds. The molecule has 2 N–H and O–H groups in total. The Morgan fingerprint density at radius 1 is 1.06 bits per heavy atom. The summed E-state index contributed by atoms with van der Waals surface area (Å²) in [5.74, 6) is 1.30. The molecule has 2 heterocycles. The van der Waals surface area contributed by atoms with E-state index >= 15 is 0 Å². The molecular formula is C29H28N4O2. The first-order valence-electron chi connectivity index (χ1n) is 12.2. The van der Waals surface area contributed by atoms with Crippen molar-refractivity contribution < 1.29 is 9.59 Å². The van der Waals surface area contributed by atoms with Gasteiger partial charge in [-0.05, 0) is 53.0 Å². The Labute approximate surface area is 204 Å². The number of rotatable bonds is 5. The highest BCUT2D eigenvalue weighted by Crippen LogP contribution is 2.53. The maximum atomic E-state index is 13.2. The zero-order valence-electron chi connectivity index (χ0n) is 20.1. The number of nitrogens with zero attached hydrogens (tertiary/aromatic N) is 2. The average molecular weight is 465 g/mol. The van der Waals surface area contributed by atoms with Crippen LogP contribution in [0.3, 0.4) is 0 Å². The van der Waals surface area contributed by atoms with Crippen molar-refractivity contribution >= 4 is 22.7 Å². The number of aromatic nitrogens is 3. The SMILES string of the molecule is CC(=O)C1CC(CC(=O)NC2c3ccccc3-c3c(-c4nc5ccncc5[nH]4)cccc32)C1(C)C. The highest BCUT2D eigenvalue weighted by atomic mass is 16.1. The van der Waals surface area contributed by atoms with Gasteiger partial charge in [0.1, 0.15) is 11.6 Å². The highest BCUT2D eigenvalue weighted by molar-refractivity contribution is 5.93. The van der Waals surface area contributed by atoms with E-state index in [9.17, 15) is 9.59 Å². The maximum absolute atomic E-state index is 13.2. The molecule has 6 heteroatoms. The van der Waals surface area contributed by atoms with Crippen LogP contribution in [0.1, 0.15) is 50.8 Å². The quantitative estimate of drug-likeness (QED) is 0.411. The number of benzene rings is 2. The minimum Gasteiger partial charge on any atom is -0.345 e. The topological polar surface area (TPSA) is 87.7 Å². The van der Waals surface area contributed by atoms with Gasteiger partial charge in [0.25, 0.3) is 0 Å². The van der Waals surface area contributed by atoms with E-state index in [4.69, 9.17) is 4.98 Å². The van der Waals surface area contributed by atoms with Crippen LogP contribution < -0.4 is 5.32 Å². The van der Waals surface area contributed by atoms with Crippen LogP contribution in [0.4, 0.5) is 0 Å². The van der Waals surface area contributed by atoms with Crippen molar-refractivity contribution in [1.82, 2.24) is 20.3 Å². The molecule has 6 rings (SSSR count). The van der Waals surface area contributed by atoms with E-state index in [0.717, 1.165) is 51.1 Å². The van der Waals surface area contributed by atoms with Crippen LogP contribution in [0.2, 0.25) is 0 Å². The van der Waals surface area contributed by atoms with Crippen LogP contribution >= 0.6 is 0 Å². The molecule has 4 aromatic rings. The summed E-state index contributed by atoms with van der Waals surface area (Å²) in [5, 5.41) is 3.31. The Bertz CT molecular complexity index is 1450. The molecule has 3 atom stereocenters. The molecule has 0 spiro atoms. The van der Waals surface area contributed by atoms with Crippen molar-refractivity contribution in [3.63, 3.8) is 0 Å². The fourth-order valence-corrected chi connectivity index (χ4v) is 6.09. The largest absolute Gasteiger partial charge is 0.345 e. The third-order valence-electron chi connectivity index (χ3n) is 8.19. The number of ketones is 1. The number of nitrogens with one attached hydrogen (secondary N) is 2. The van der Waals surface area contributed by atoms with E-state index in [1.165, 1.54) is 0 Å². The van der Waals surface area contributed by atoms with Gasteiger partial charge in [0, 0.05) is 24.1 Å². The lowest BCUT2D eigenvalue weighted by Gasteiger charge is -2.51. The molecular weight excluding hydrogens is 436 g/mol. The van der Waals surface area contributed by atoms with Crippen LogP contribution in [-0.4, -0.2) is 26.6 Å². The highest BCUT2D eigenvalue weighted by Gasteiger charge is 2.50. The van der Waals surface area contributed by atoms with Gasteiger partial charge in [-0.25, -0.2) is 4.98 Å². The summed E-state index contributed by atoms with van der Waals surface area (Å²) < 4.78 is 0. The second-order valence-corrected chi connectivity index (χ2v) is 10.5. The van der Waals surface area contributed by atoms with Gasteiger partial charge in [0.15, 0.2) is 0 Å². The smallest absolute Gasteiger partial charge is 0.221 e. The zero-order valence-corrected chi connectivity index (χ0v) is 20.1. The minimum absolute atomic E-state index is 0.0259. The van der Waals surface area contributed by atoms with Gasteiger partial charge in [-0.1, -0.05) is 56.3 Å². The van der Waals surface area contributed by atoms with E-state index in [-0.39, 0.29) is 35.0 Å². The van der Waals surface area contributed by atoms with Crippen LogP contribution in [-0.2, 0) is 9.59 Å². The van der Waals surface area contributed by atoms with Gasteiger partial charge in [0.2, 0.25) is 5.91 Å². The molecule has 0 aliphatic heterocycles. The second-order valence-electron chi connectivity index (χ2n) is 10.5. The van der Waals surface area contributed by atoms with Gasteiger partial charge in [-0.2, -0.15) is 0 Å². The number of hydrogen-bond acceptors (Lipinski definition) is 4. The Morgan fingerprint density at radius 3 is 2.60 bits per heavy atom. The van der Waals surface area contributed by atoms with E-state index in [1.807, 2.05) is 24.3 Å². The van der Waals surface area contributed by atoms with E-state index < -0.39 is 0 Å². The molecule has 6 nitrogen and oxygen atoms in total. The molecule has 1 saturated carbocycles. The lowest BCUT2D eigenvalue weighted by molar-refractivity contribution is -0.141. The summed E-state index contributed by atoms with van der Waals surface area (Å²) in [5.41, 5.74) is 7.01. The Kier molecular flexibility index (Phi) is 4.88. The van der Waals surface area contributed by atoms with Crippen molar-refractivity contribution in [2.45, 2.75) is 39.7 Å². The molecule has 176 valence electrons. The van der Waals surface area contributed by atoms with Crippen molar-refractivity contribution in [2.24, 2.45) is 17.3 Å². The predicted octanol–water partition coefficient (Wildman–Crippen LogP) is 5.45. The van der Waals surface area contributed by atoms with Crippen LogP contribution in [0, 0.1) is 17.3 Å². The lowest BCUT2D eigenvalue weighted by Crippen LogP contribution is -2.49. The first-order chi connectivity index (χ1) is 16.8. The Morgan fingerprint density at radius 2 is 1.83 bits per heavy atom. The molecule has 2 aromatic heterocycles. The Hall–Kier alpha value is -3.80. The average Bonchev–Trinajstić information content (AvgIpc) is 3.41. The van der Waals surface area contributed by atoms with Gasteiger partial charge >= 0.3 is 0 Å². The monoisotopic (exact) mass is 464 g/mol. The number of carbonyl (C=O) groups is 2. The van der Waals surface area contributed by atoms with E-state index in [1.54, 1.807) is 19.3 Å². The molecule has 3 unspecified atom stereocenters. The number of amides is 1. The standard InChI is InChI=1S/C29H28N4O2/c1-16(34)22-13-17(29(22,2)3)14-25(35)33-27-19-8-5-4-7-18(19)26-20(27)9-6-10-21(26)28-31-23-11-12-30-15-24(23)32-28/h4-12,15,17,22,27H,13-14H2,1-3H3,(H,31,32)(H,33,35). The number of fused-ring (bicyclic) bond motifs is 4. The van der Waals surface area contributed by atoms with Crippen LogP contribution in [0.25, 0.3) is 33.5 Å². The van der Waals surface area contributed by atoms with Crippen molar-refractivity contribution in [3.05, 3.63) is 72.1 Å². The molecule has 2 aromatic carbocycles. The molecule has 0 saturated heterocycles. The molecule has 1 fully saturated rings. The maximum Gasteiger partial charge on any atom is 0.221 e.